The first kappa shape index (κ1) is 19.5. The molecule has 0 aromatic heterocycles. The Morgan fingerprint density at radius 1 is 0.826 bits per heavy atom. The van der Waals surface area contributed by atoms with Crippen LogP contribution in [0, 0.1) is 0 Å². The summed E-state index contributed by atoms with van der Waals surface area (Å²) in [6.45, 7) is 6.71. The monoisotopic (exact) mass is 313 g/mol. The molecule has 0 unspecified atom stereocenters. The fourth-order valence-electron chi connectivity index (χ4n) is 2.61. The maximum atomic E-state index is 2.39. The minimum Gasteiger partial charge on any atom is -0.378 e. The minimum atomic E-state index is 1.07. The molecule has 0 saturated carbocycles. The zero-order valence-electron chi connectivity index (χ0n) is 15.2. The van der Waals surface area contributed by atoms with Crippen molar-refractivity contribution in [2.45, 2.75) is 65.2 Å². The van der Waals surface area contributed by atoms with Crippen molar-refractivity contribution < 1.29 is 0 Å². The number of unbranched alkanes of at least 4 members (excludes halogenated alkanes) is 6. The van der Waals surface area contributed by atoms with Gasteiger partial charge in [0, 0.05) is 13.1 Å². The fourth-order valence-corrected chi connectivity index (χ4v) is 2.61. The molecule has 0 fully saturated rings. The average molecular weight is 314 g/mol. The maximum absolute atomic E-state index is 2.39. The van der Waals surface area contributed by atoms with Crippen LogP contribution in [0.4, 0.5) is 0 Å². The predicted molar refractivity (Wildman–Crippen MR) is 104 cm³/mol. The fraction of sp³-hybridized carbons (Fsp3) is 0.545. The molecule has 0 spiro atoms. The van der Waals surface area contributed by atoms with Gasteiger partial charge in [0.05, 0.1) is 0 Å². The molecular weight excluding hydrogens is 278 g/mol. The van der Waals surface area contributed by atoms with Gasteiger partial charge in [0.15, 0.2) is 0 Å². The molecule has 128 valence electrons. The van der Waals surface area contributed by atoms with Crippen molar-refractivity contribution in [3.63, 3.8) is 0 Å². The maximum Gasteiger partial charge on any atom is 0.0175 e. The lowest BCUT2D eigenvalue weighted by molar-refractivity contribution is 0.392. The van der Waals surface area contributed by atoms with Gasteiger partial charge in [-0.15, -0.1) is 0 Å². The topological polar surface area (TPSA) is 3.24 Å². The van der Waals surface area contributed by atoms with Crippen LogP contribution < -0.4 is 0 Å². The molecule has 0 radical (unpaired) electrons. The van der Waals surface area contributed by atoms with E-state index in [-0.39, 0.29) is 0 Å². The SMILES string of the molecule is CCCCCCCC=CCCCN(C=Cc1ccccc1)CC. The van der Waals surface area contributed by atoms with E-state index in [4.69, 9.17) is 0 Å². The summed E-state index contributed by atoms with van der Waals surface area (Å²) < 4.78 is 0. The van der Waals surface area contributed by atoms with Crippen molar-refractivity contribution in [2.75, 3.05) is 13.1 Å². The Morgan fingerprint density at radius 3 is 2.22 bits per heavy atom. The van der Waals surface area contributed by atoms with Crippen LogP contribution in [0.2, 0.25) is 0 Å². The Kier molecular flexibility index (Phi) is 12.0. The van der Waals surface area contributed by atoms with E-state index < -0.39 is 0 Å². The van der Waals surface area contributed by atoms with Crippen LogP contribution in [0.5, 0.6) is 0 Å². The van der Waals surface area contributed by atoms with Gasteiger partial charge < -0.3 is 4.90 Å². The van der Waals surface area contributed by atoms with E-state index in [2.05, 4.69) is 73.5 Å². The molecule has 0 aliphatic rings. The van der Waals surface area contributed by atoms with Crippen LogP contribution in [0.1, 0.15) is 70.8 Å². The molecule has 0 bridgehead atoms. The molecule has 23 heavy (non-hydrogen) atoms. The third-order valence-corrected chi connectivity index (χ3v) is 4.14. The molecule has 1 nitrogen and oxygen atoms in total. The van der Waals surface area contributed by atoms with Crippen molar-refractivity contribution in [3.05, 3.63) is 54.2 Å². The lowest BCUT2D eigenvalue weighted by Crippen LogP contribution is -2.17. The van der Waals surface area contributed by atoms with Crippen molar-refractivity contribution in [1.82, 2.24) is 4.90 Å². The van der Waals surface area contributed by atoms with E-state index in [0.29, 0.717) is 0 Å². The Labute approximate surface area is 144 Å². The summed E-state index contributed by atoms with van der Waals surface area (Å²) in [5, 5.41) is 0. The molecule has 0 N–H and O–H groups in total. The summed E-state index contributed by atoms with van der Waals surface area (Å²) in [4.78, 5) is 2.39. The van der Waals surface area contributed by atoms with E-state index >= 15 is 0 Å². The zero-order valence-corrected chi connectivity index (χ0v) is 15.2. The molecule has 0 amide bonds. The van der Waals surface area contributed by atoms with Crippen molar-refractivity contribution in [3.8, 4) is 0 Å². The van der Waals surface area contributed by atoms with Gasteiger partial charge in [-0.25, -0.2) is 0 Å². The largest absolute Gasteiger partial charge is 0.378 e. The number of nitrogens with zero attached hydrogens (tertiary/aromatic N) is 1. The molecule has 1 aromatic rings. The molecule has 0 atom stereocenters. The van der Waals surface area contributed by atoms with Crippen LogP contribution in [0.25, 0.3) is 6.08 Å². The van der Waals surface area contributed by atoms with E-state index in [0.717, 1.165) is 13.1 Å². The number of benzene rings is 1. The molecule has 1 heteroatoms. The number of hydrogen-bond acceptors (Lipinski definition) is 1. The third kappa shape index (κ3) is 10.8. The Hall–Kier alpha value is -1.50. The normalized spacial score (nSPS) is 11.6. The predicted octanol–water partition coefficient (Wildman–Crippen LogP) is 6.68. The van der Waals surface area contributed by atoms with Crippen molar-refractivity contribution in [2.24, 2.45) is 0 Å². The highest BCUT2D eigenvalue weighted by Crippen LogP contribution is 2.07. The summed E-state index contributed by atoms with van der Waals surface area (Å²) in [5.74, 6) is 0. The van der Waals surface area contributed by atoms with Gasteiger partial charge in [-0.3, -0.25) is 0 Å². The van der Waals surface area contributed by atoms with Gasteiger partial charge in [-0.2, -0.15) is 0 Å². The van der Waals surface area contributed by atoms with Gasteiger partial charge in [-0.1, -0.05) is 75.1 Å². The summed E-state index contributed by atoms with van der Waals surface area (Å²) in [6.07, 6.45) is 19.8. The van der Waals surface area contributed by atoms with Crippen LogP contribution >= 0.6 is 0 Å². The first-order chi connectivity index (χ1) is 11.4. The minimum absolute atomic E-state index is 1.07. The van der Waals surface area contributed by atoms with Gasteiger partial charge in [0.2, 0.25) is 0 Å². The highest BCUT2D eigenvalue weighted by atomic mass is 15.1. The Balaban J connectivity index is 2.09. The quantitative estimate of drug-likeness (QED) is 0.290. The summed E-state index contributed by atoms with van der Waals surface area (Å²) in [7, 11) is 0. The third-order valence-electron chi connectivity index (χ3n) is 4.14. The van der Waals surface area contributed by atoms with E-state index in [1.165, 1.54) is 56.9 Å². The Bertz CT molecular complexity index is 419. The average Bonchev–Trinajstić information content (AvgIpc) is 2.60. The van der Waals surface area contributed by atoms with Crippen molar-refractivity contribution >= 4 is 6.08 Å². The number of rotatable bonds is 13. The highest BCUT2D eigenvalue weighted by Gasteiger charge is 1.95. The lowest BCUT2D eigenvalue weighted by Gasteiger charge is -2.17. The molecule has 0 aliphatic carbocycles. The molecule has 1 rings (SSSR count). The molecular formula is C22H35N. The van der Waals surface area contributed by atoms with Crippen LogP contribution in [-0.4, -0.2) is 18.0 Å². The first-order valence-corrected chi connectivity index (χ1v) is 9.49. The second-order valence-corrected chi connectivity index (χ2v) is 6.17. The number of allylic oxidation sites excluding steroid dienone is 2. The second kappa shape index (κ2) is 14.1. The summed E-state index contributed by atoms with van der Waals surface area (Å²) in [5.41, 5.74) is 1.27. The van der Waals surface area contributed by atoms with Crippen LogP contribution in [0.15, 0.2) is 48.7 Å². The van der Waals surface area contributed by atoms with Gasteiger partial charge in [-0.05, 0) is 50.4 Å². The second-order valence-electron chi connectivity index (χ2n) is 6.17. The van der Waals surface area contributed by atoms with Gasteiger partial charge in [0.1, 0.15) is 0 Å². The van der Waals surface area contributed by atoms with E-state index in [1.54, 1.807) is 0 Å². The van der Waals surface area contributed by atoms with Crippen LogP contribution in [0.3, 0.4) is 0 Å². The van der Waals surface area contributed by atoms with Crippen LogP contribution in [-0.2, 0) is 0 Å². The van der Waals surface area contributed by atoms with Gasteiger partial charge >= 0.3 is 0 Å². The molecule has 0 saturated heterocycles. The summed E-state index contributed by atoms with van der Waals surface area (Å²) >= 11 is 0. The molecule has 0 heterocycles. The zero-order chi connectivity index (χ0) is 16.6. The highest BCUT2D eigenvalue weighted by molar-refractivity contribution is 5.48. The van der Waals surface area contributed by atoms with E-state index in [1.807, 2.05) is 0 Å². The van der Waals surface area contributed by atoms with E-state index in [9.17, 15) is 0 Å². The lowest BCUT2D eigenvalue weighted by atomic mass is 10.1. The molecule has 0 aliphatic heterocycles. The van der Waals surface area contributed by atoms with Gasteiger partial charge in [0.25, 0.3) is 0 Å². The molecule has 1 aromatic carbocycles. The first-order valence-electron chi connectivity index (χ1n) is 9.49. The Morgan fingerprint density at radius 2 is 1.52 bits per heavy atom. The van der Waals surface area contributed by atoms with Crippen molar-refractivity contribution in [1.29, 1.82) is 0 Å². The number of hydrogen-bond donors (Lipinski definition) is 0. The smallest absolute Gasteiger partial charge is 0.0175 e. The standard InChI is InChI=1S/C22H35N/c1-3-5-6-7-8-9-10-11-12-16-20-23(4-2)21-19-22-17-14-13-15-18-22/h10-11,13-15,17-19,21H,3-9,12,16,20H2,1-2H3. The summed E-state index contributed by atoms with van der Waals surface area (Å²) in [6, 6.07) is 10.5.